The largest absolute Gasteiger partial charge is 0.464 e. The van der Waals surface area contributed by atoms with E-state index in [1.165, 1.54) is 0 Å². The number of aliphatic hydroxyl groups is 1. The van der Waals surface area contributed by atoms with Crippen LogP contribution in [0.15, 0.2) is 16.5 Å². The molecule has 0 unspecified atom stereocenters. The van der Waals surface area contributed by atoms with Gasteiger partial charge in [0.15, 0.2) is 0 Å². The first kappa shape index (κ1) is 12.1. The number of furan rings is 1. The number of amides is 1. The highest BCUT2D eigenvalue weighted by molar-refractivity contribution is 5.83. The number of ether oxygens (including phenoxy) is 1. The molecule has 5 heteroatoms. The van der Waals surface area contributed by atoms with Crippen molar-refractivity contribution in [2.24, 2.45) is 5.41 Å². The summed E-state index contributed by atoms with van der Waals surface area (Å²) in [5, 5.41) is 9.28. The molecule has 1 amide bonds. The molecule has 2 heterocycles. The van der Waals surface area contributed by atoms with E-state index in [1.807, 2.05) is 19.1 Å². The minimum Gasteiger partial charge on any atom is -0.464 e. The molecule has 0 saturated carbocycles. The Morgan fingerprint density at radius 3 is 2.65 bits per heavy atom. The van der Waals surface area contributed by atoms with E-state index in [4.69, 9.17) is 9.15 Å². The van der Waals surface area contributed by atoms with Gasteiger partial charge in [-0.2, -0.15) is 0 Å². The number of nitrogens with zero attached hydrogens (tertiary/aromatic N) is 1. The fourth-order valence-corrected chi connectivity index (χ4v) is 1.91. The summed E-state index contributed by atoms with van der Waals surface area (Å²) in [6, 6.07) is 3.71. The van der Waals surface area contributed by atoms with Gasteiger partial charge in [-0.05, 0) is 19.1 Å². The maximum absolute atomic E-state index is 12.1. The van der Waals surface area contributed by atoms with Gasteiger partial charge in [0.05, 0.1) is 26.4 Å². The average Bonchev–Trinajstić information content (AvgIpc) is 2.63. The van der Waals surface area contributed by atoms with Crippen molar-refractivity contribution in [3.8, 4) is 0 Å². The molecular weight excluding hydrogens is 222 g/mol. The van der Waals surface area contributed by atoms with Crippen molar-refractivity contribution in [1.29, 1.82) is 0 Å². The van der Waals surface area contributed by atoms with Crippen molar-refractivity contribution in [3.05, 3.63) is 23.7 Å². The van der Waals surface area contributed by atoms with Crippen LogP contribution in [0.3, 0.4) is 0 Å². The lowest BCUT2D eigenvalue weighted by Crippen LogP contribution is -2.56. The second-order valence-corrected chi connectivity index (χ2v) is 4.60. The number of aliphatic hydroxyl groups excluding tert-OH is 1. The number of hydrogen-bond donors (Lipinski definition) is 1. The number of carbonyl (C=O) groups excluding carboxylic acids is 1. The molecule has 1 saturated heterocycles. The third-order valence-electron chi connectivity index (χ3n) is 3.05. The van der Waals surface area contributed by atoms with Crippen molar-refractivity contribution in [1.82, 2.24) is 4.90 Å². The molecule has 0 aliphatic carbocycles. The van der Waals surface area contributed by atoms with Crippen LogP contribution in [0.25, 0.3) is 0 Å². The Kier molecular flexibility index (Phi) is 3.22. The number of carbonyl (C=O) groups is 1. The number of rotatable bonds is 4. The molecule has 1 aromatic rings. The summed E-state index contributed by atoms with van der Waals surface area (Å²) in [7, 11) is 1.70. The van der Waals surface area contributed by atoms with E-state index in [0.29, 0.717) is 19.8 Å². The Morgan fingerprint density at radius 1 is 1.53 bits per heavy atom. The van der Waals surface area contributed by atoms with Crippen LogP contribution < -0.4 is 0 Å². The molecule has 1 aromatic heterocycles. The van der Waals surface area contributed by atoms with Gasteiger partial charge in [0.25, 0.3) is 0 Å². The Labute approximate surface area is 100.0 Å². The summed E-state index contributed by atoms with van der Waals surface area (Å²) in [5.74, 6) is 1.47. The van der Waals surface area contributed by atoms with Crippen molar-refractivity contribution in [2.45, 2.75) is 13.5 Å². The Balaban J connectivity index is 2.00. The van der Waals surface area contributed by atoms with Crippen LogP contribution in [0.4, 0.5) is 0 Å². The molecule has 0 bridgehead atoms. The second kappa shape index (κ2) is 4.50. The summed E-state index contributed by atoms with van der Waals surface area (Å²) in [6.45, 7) is 2.69. The summed E-state index contributed by atoms with van der Waals surface area (Å²) in [5.41, 5.74) is -0.740. The first-order chi connectivity index (χ1) is 8.07. The molecule has 1 aliphatic heterocycles. The summed E-state index contributed by atoms with van der Waals surface area (Å²) >= 11 is 0. The highest BCUT2D eigenvalue weighted by atomic mass is 16.5. The first-order valence-corrected chi connectivity index (χ1v) is 5.57. The van der Waals surface area contributed by atoms with Crippen molar-refractivity contribution in [2.75, 3.05) is 26.9 Å². The molecule has 0 spiro atoms. The topological polar surface area (TPSA) is 62.9 Å². The van der Waals surface area contributed by atoms with E-state index >= 15 is 0 Å². The van der Waals surface area contributed by atoms with Crippen molar-refractivity contribution >= 4 is 5.91 Å². The van der Waals surface area contributed by atoms with Crippen molar-refractivity contribution in [3.63, 3.8) is 0 Å². The van der Waals surface area contributed by atoms with Crippen LogP contribution in [0.2, 0.25) is 0 Å². The fraction of sp³-hybridized carbons (Fsp3) is 0.583. The molecule has 17 heavy (non-hydrogen) atoms. The molecule has 94 valence electrons. The predicted molar refractivity (Wildman–Crippen MR) is 60.3 cm³/mol. The van der Waals surface area contributed by atoms with Gasteiger partial charge in [0.2, 0.25) is 5.91 Å². The van der Waals surface area contributed by atoms with E-state index in [1.54, 1.807) is 11.9 Å². The van der Waals surface area contributed by atoms with Crippen LogP contribution in [0.1, 0.15) is 11.5 Å². The molecule has 0 radical (unpaired) electrons. The maximum atomic E-state index is 12.1. The van der Waals surface area contributed by atoms with Gasteiger partial charge in [-0.25, -0.2) is 0 Å². The molecule has 2 rings (SSSR count). The second-order valence-electron chi connectivity index (χ2n) is 4.60. The fourth-order valence-electron chi connectivity index (χ4n) is 1.91. The Bertz CT molecular complexity index is 403. The van der Waals surface area contributed by atoms with Gasteiger partial charge < -0.3 is 19.2 Å². The molecule has 5 nitrogen and oxygen atoms in total. The lowest BCUT2D eigenvalue weighted by Gasteiger charge is -2.40. The monoisotopic (exact) mass is 239 g/mol. The van der Waals surface area contributed by atoms with E-state index in [2.05, 4.69) is 0 Å². The first-order valence-electron chi connectivity index (χ1n) is 5.57. The van der Waals surface area contributed by atoms with Crippen molar-refractivity contribution < 1.29 is 19.1 Å². The zero-order valence-corrected chi connectivity index (χ0v) is 10.1. The minimum atomic E-state index is -0.740. The molecular formula is C12H17NO4. The summed E-state index contributed by atoms with van der Waals surface area (Å²) < 4.78 is 10.4. The molecule has 1 N–H and O–H groups in total. The predicted octanol–water partition coefficient (Wildman–Crippen LogP) is 0.555. The average molecular weight is 239 g/mol. The quantitative estimate of drug-likeness (QED) is 0.833. The van der Waals surface area contributed by atoms with Gasteiger partial charge >= 0.3 is 0 Å². The van der Waals surface area contributed by atoms with E-state index in [0.717, 1.165) is 11.5 Å². The lowest BCUT2D eigenvalue weighted by atomic mass is 9.85. The summed E-state index contributed by atoms with van der Waals surface area (Å²) in [6.07, 6.45) is 0. The molecule has 0 atom stereocenters. The smallest absolute Gasteiger partial charge is 0.235 e. The third kappa shape index (κ3) is 2.21. The van der Waals surface area contributed by atoms with E-state index in [9.17, 15) is 9.90 Å². The van der Waals surface area contributed by atoms with E-state index in [-0.39, 0.29) is 12.5 Å². The highest BCUT2D eigenvalue weighted by Gasteiger charge is 2.47. The lowest BCUT2D eigenvalue weighted by molar-refractivity contribution is -0.180. The Hall–Kier alpha value is -1.33. The molecule has 0 aromatic carbocycles. The Morgan fingerprint density at radius 2 is 2.24 bits per heavy atom. The van der Waals surface area contributed by atoms with Gasteiger partial charge in [0.1, 0.15) is 16.9 Å². The van der Waals surface area contributed by atoms with Gasteiger partial charge in [-0.15, -0.1) is 0 Å². The van der Waals surface area contributed by atoms with Gasteiger partial charge in [-0.1, -0.05) is 0 Å². The van der Waals surface area contributed by atoms with Crippen LogP contribution in [0, 0.1) is 12.3 Å². The van der Waals surface area contributed by atoms with Gasteiger partial charge in [-0.3, -0.25) is 4.79 Å². The standard InChI is InChI=1S/C12H17NO4/c1-9-3-4-10(17-9)5-13(2)11(15)12(6-14)7-16-8-12/h3-4,14H,5-8H2,1-2H3. The van der Waals surface area contributed by atoms with Crippen LogP contribution in [-0.2, 0) is 16.1 Å². The van der Waals surface area contributed by atoms with Crippen LogP contribution in [-0.4, -0.2) is 42.8 Å². The van der Waals surface area contributed by atoms with Gasteiger partial charge in [0, 0.05) is 7.05 Å². The third-order valence-corrected chi connectivity index (χ3v) is 3.05. The summed E-state index contributed by atoms with van der Waals surface area (Å²) in [4.78, 5) is 13.7. The minimum absolute atomic E-state index is 0.0969. The van der Waals surface area contributed by atoms with Crippen LogP contribution in [0.5, 0.6) is 0 Å². The van der Waals surface area contributed by atoms with Crippen LogP contribution >= 0.6 is 0 Å². The zero-order valence-electron chi connectivity index (χ0n) is 10.1. The zero-order chi connectivity index (χ0) is 12.5. The molecule has 1 aliphatic rings. The highest BCUT2D eigenvalue weighted by Crippen LogP contribution is 2.29. The molecule has 1 fully saturated rings. The number of aryl methyl sites for hydroxylation is 1. The normalized spacial score (nSPS) is 17.6. The number of hydrogen-bond acceptors (Lipinski definition) is 4. The van der Waals surface area contributed by atoms with E-state index < -0.39 is 5.41 Å². The SMILES string of the molecule is Cc1ccc(CN(C)C(=O)C2(CO)COC2)o1. The maximum Gasteiger partial charge on any atom is 0.235 e.